The number of ether oxygens (including phenoxy) is 1. The molecule has 2 aliphatic heterocycles. The maximum Gasteiger partial charge on any atom is 0.246 e. The molecule has 0 aliphatic carbocycles. The number of aliphatic hydroxyl groups is 1. The van der Waals surface area contributed by atoms with Gasteiger partial charge in [-0.3, -0.25) is 4.79 Å². The summed E-state index contributed by atoms with van der Waals surface area (Å²) >= 11 is 0. The molecule has 2 aliphatic rings. The Bertz CT molecular complexity index is 593. The third-order valence-corrected chi connectivity index (χ3v) is 5.21. The van der Waals surface area contributed by atoms with Gasteiger partial charge in [0.25, 0.3) is 0 Å². The average molecular weight is 344 g/mol. The molecule has 2 unspecified atom stereocenters. The van der Waals surface area contributed by atoms with Crippen molar-refractivity contribution in [2.45, 2.75) is 25.8 Å². The summed E-state index contributed by atoms with van der Waals surface area (Å²) < 4.78 is 5.38. The van der Waals surface area contributed by atoms with Crippen molar-refractivity contribution in [2.24, 2.45) is 5.92 Å². The van der Waals surface area contributed by atoms with Gasteiger partial charge in [0.1, 0.15) is 0 Å². The topological polar surface area (TPSA) is 53.0 Å². The van der Waals surface area contributed by atoms with Gasteiger partial charge in [0.2, 0.25) is 5.91 Å². The van der Waals surface area contributed by atoms with Crippen LogP contribution in [0.3, 0.4) is 0 Å². The van der Waals surface area contributed by atoms with Crippen LogP contribution < -0.4 is 4.90 Å². The summed E-state index contributed by atoms with van der Waals surface area (Å²) in [4.78, 5) is 16.7. The lowest BCUT2D eigenvalue weighted by Crippen LogP contribution is -2.45. The fourth-order valence-corrected chi connectivity index (χ4v) is 3.52. The zero-order valence-electron chi connectivity index (χ0n) is 14.9. The summed E-state index contributed by atoms with van der Waals surface area (Å²) in [6, 6.07) is 8.53. The van der Waals surface area contributed by atoms with Crippen molar-refractivity contribution in [3.8, 4) is 0 Å². The fraction of sp³-hybridized carbons (Fsp3) is 0.550. The van der Waals surface area contributed by atoms with E-state index < -0.39 is 0 Å². The van der Waals surface area contributed by atoms with E-state index in [1.165, 1.54) is 5.69 Å². The van der Waals surface area contributed by atoms with E-state index in [-0.39, 0.29) is 24.5 Å². The number of hydrogen-bond acceptors (Lipinski definition) is 4. The molecule has 136 valence electrons. The maximum absolute atomic E-state index is 12.5. The molecule has 25 heavy (non-hydrogen) atoms. The normalized spacial score (nSPS) is 24.7. The second kappa shape index (κ2) is 8.50. The predicted molar refractivity (Wildman–Crippen MR) is 99.5 cm³/mol. The van der Waals surface area contributed by atoms with Crippen LogP contribution in [0.4, 0.5) is 5.69 Å². The molecule has 2 saturated heterocycles. The number of carbonyl (C=O) groups excluding carboxylic acids is 1. The zero-order valence-corrected chi connectivity index (χ0v) is 14.9. The largest absolute Gasteiger partial charge is 0.396 e. The number of nitrogens with zero attached hydrogens (tertiary/aromatic N) is 2. The first kappa shape index (κ1) is 18.0. The molecule has 0 aromatic heterocycles. The number of benzene rings is 1. The van der Waals surface area contributed by atoms with Crippen LogP contribution in [0.15, 0.2) is 30.3 Å². The van der Waals surface area contributed by atoms with Crippen molar-refractivity contribution in [1.29, 1.82) is 0 Å². The lowest BCUT2D eigenvalue weighted by atomic mass is 9.94. The van der Waals surface area contributed by atoms with Crippen LogP contribution in [0.2, 0.25) is 0 Å². The Morgan fingerprint density at radius 2 is 1.96 bits per heavy atom. The highest BCUT2D eigenvalue weighted by atomic mass is 16.5. The second-order valence-electron chi connectivity index (χ2n) is 6.99. The molecule has 0 saturated carbocycles. The molecular formula is C20H28N2O3. The summed E-state index contributed by atoms with van der Waals surface area (Å²) in [5.41, 5.74) is 2.22. The van der Waals surface area contributed by atoms with Crippen molar-refractivity contribution < 1.29 is 14.6 Å². The highest BCUT2D eigenvalue weighted by Gasteiger charge is 2.27. The molecular weight excluding hydrogens is 316 g/mol. The van der Waals surface area contributed by atoms with Gasteiger partial charge in [-0.1, -0.05) is 12.1 Å². The summed E-state index contributed by atoms with van der Waals surface area (Å²) in [6.45, 7) is 6.29. The zero-order chi connectivity index (χ0) is 17.6. The van der Waals surface area contributed by atoms with Crippen LogP contribution in [0.1, 0.15) is 25.3 Å². The van der Waals surface area contributed by atoms with Crippen molar-refractivity contribution in [2.75, 3.05) is 44.4 Å². The van der Waals surface area contributed by atoms with Crippen molar-refractivity contribution in [1.82, 2.24) is 4.90 Å². The van der Waals surface area contributed by atoms with E-state index in [0.29, 0.717) is 6.54 Å². The Kier molecular flexibility index (Phi) is 6.10. The molecule has 1 amide bonds. The lowest BCUT2D eigenvalue weighted by molar-refractivity contribution is -0.130. The molecule has 5 nitrogen and oxygen atoms in total. The van der Waals surface area contributed by atoms with Gasteiger partial charge in [0.15, 0.2) is 0 Å². The first-order chi connectivity index (χ1) is 12.2. The predicted octanol–water partition coefficient (Wildman–Crippen LogP) is 2.16. The minimum absolute atomic E-state index is 0.0305. The van der Waals surface area contributed by atoms with Crippen LogP contribution in [-0.4, -0.2) is 61.4 Å². The molecule has 0 bridgehead atoms. The highest BCUT2D eigenvalue weighted by Crippen LogP contribution is 2.22. The number of likely N-dealkylation sites (tertiary alicyclic amines) is 1. The minimum atomic E-state index is 0.0305. The van der Waals surface area contributed by atoms with Gasteiger partial charge < -0.3 is 19.6 Å². The Balaban J connectivity index is 1.60. The van der Waals surface area contributed by atoms with Crippen molar-refractivity contribution in [3.05, 3.63) is 35.9 Å². The van der Waals surface area contributed by atoms with E-state index in [1.54, 1.807) is 6.08 Å². The van der Waals surface area contributed by atoms with Gasteiger partial charge in [-0.25, -0.2) is 0 Å². The monoisotopic (exact) mass is 344 g/mol. The number of rotatable bonds is 4. The third-order valence-electron chi connectivity index (χ3n) is 5.21. The highest BCUT2D eigenvalue weighted by molar-refractivity contribution is 5.92. The van der Waals surface area contributed by atoms with Gasteiger partial charge in [-0.2, -0.15) is 0 Å². The number of carbonyl (C=O) groups is 1. The Morgan fingerprint density at radius 1 is 1.24 bits per heavy atom. The lowest BCUT2D eigenvalue weighted by Gasteiger charge is -2.36. The van der Waals surface area contributed by atoms with Crippen LogP contribution >= 0.6 is 0 Å². The molecule has 5 heteroatoms. The summed E-state index contributed by atoms with van der Waals surface area (Å²) in [6.07, 6.45) is 5.48. The minimum Gasteiger partial charge on any atom is -0.396 e. The number of amides is 1. The van der Waals surface area contributed by atoms with Gasteiger partial charge in [-0.15, -0.1) is 0 Å². The third kappa shape index (κ3) is 4.61. The molecule has 0 spiro atoms. The Morgan fingerprint density at radius 3 is 2.64 bits per heavy atom. The van der Waals surface area contributed by atoms with E-state index in [4.69, 9.17) is 4.74 Å². The fourth-order valence-electron chi connectivity index (χ4n) is 3.52. The van der Waals surface area contributed by atoms with Crippen molar-refractivity contribution in [3.63, 3.8) is 0 Å². The number of hydrogen-bond donors (Lipinski definition) is 1. The summed E-state index contributed by atoms with van der Waals surface area (Å²) in [7, 11) is 0. The van der Waals surface area contributed by atoms with Gasteiger partial charge >= 0.3 is 0 Å². The Hall–Kier alpha value is -1.85. The quantitative estimate of drug-likeness (QED) is 0.851. The average Bonchev–Trinajstić information content (AvgIpc) is 2.67. The van der Waals surface area contributed by atoms with E-state index in [2.05, 4.69) is 24.0 Å². The molecule has 3 rings (SSSR count). The number of piperidine rings is 1. The maximum atomic E-state index is 12.5. The van der Waals surface area contributed by atoms with Crippen LogP contribution in [0.5, 0.6) is 0 Å². The van der Waals surface area contributed by atoms with Gasteiger partial charge in [0, 0.05) is 44.0 Å². The van der Waals surface area contributed by atoms with E-state index >= 15 is 0 Å². The first-order valence-electron chi connectivity index (χ1n) is 9.19. The molecule has 1 aromatic carbocycles. The van der Waals surface area contributed by atoms with Crippen molar-refractivity contribution >= 4 is 17.7 Å². The van der Waals surface area contributed by atoms with Crippen LogP contribution in [0, 0.1) is 5.92 Å². The molecule has 2 atom stereocenters. The molecule has 0 radical (unpaired) electrons. The van der Waals surface area contributed by atoms with Gasteiger partial charge in [-0.05, 0) is 49.5 Å². The number of morpholine rings is 1. The number of aliphatic hydroxyl groups excluding tert-OH is 1. The summed E-state index contributed by atoms with van der Waals surface area (Å²) in [5.74, 6) is 0.240. The van der Waals surface area contributed by atoms with E-state index in [0.717, 1.165) is 44.7 Å². The standard InChI is InChI=1S/C20H28N2O3/c1-16-2-3-18(15-23)14-22(16)20(24)9-6-17-4-7-19(8-5-17)21-10-12-25-13-11-21/h4-9,16,18,23H,2-3,10-15H2,1H3/b9-6+. The van der Waals surface area contributed by atoms with Gasteiger partial charge in [0.05, 0.1) is 13.2 Å². The smallest absolute Gasteiger partial charge is 0.246 e. The molecule has 2 fully saturated rings. The van der Waals surface area contributed by atoms with E-state index in [1.807, 2.05) is 23.1 Å². The second-order valence-corrected chi connectivity index (χ2v) is 6.99. The SMILES string of the molecule is CC1CCC(CO)CN1C(=O)/C=C/c1ccc(N2CCOCC2)cc1. The van der Waals surface area contributed by atoms with Crippen LogP contribution in [-0.2, 0) is 9.53 Å². The summed E-state index contributed by atoms with van der Waals surface area (Å²) in [5, 5.41) is 9.35. The molecule has 1 N–H and O–H groups in total. The van der Waals surface area contributed by atoms with E-state index in [9.17, 15) is 9.90 Å². The Labute approximate surface area is 149 Å². The molecule has 1 aromatic rings. The first-order valence-corrected chi connectivity index (χ1v) is 9.19. The molecule has 2 heterocycles. The number of anilines is 1. The van der Waals surface area contributed by atoms with Crippen LogP contribution in [0.25, 0.3) is 6.08 Å².